The topological polar surface area (TPSA) is 38.9 Å². The molecule has 2 heteroatoms. The molecule has 0 amide bonds. The van der Waals surface area contributed by atoms with Crippen LogP contribution in [0, 0.1) is 0 Å². The maximum absolute atomic E-state index is 6.71. The number of nitrogens with two attached hydrogens (primary N) is 1. The smallest absolute Gasteiger partial charge is 0.0705 e. The number of hydrogen-bond donors (Lipinski definition) is 1. The second-order valence-corrected chi connectivity index (χ2v) is 5.92. The van der Waals surface area contributed by atoms with Gasteiger partial charge in [-0.15, -0.1) is 0 Å². The van der Waals surface area contributed by atoms with E-state index in [2.05, 4.69) is 53.5 Å². The molecule has 1 aliphatic rings. The first-order chi connectivity index (χ1) is 10.3. The maximum atomic E-state index is 6.71. The van der Waals surface area contributed by atoms with Crippen molar-refractivity contribution in [3.05, 3.63) is 78.0 Å². The average Bonchev–Trinajstić information content (AvgIpc) is 3.36. The van der Waals surface area contributed by atoms with Gasteiger partial charge in [-0.2, -0.15) is 0 Å². The number of aromatic nitrogens is 1. The molecule has 0 saturated heterocycles. The van der Waals surface area contributed by atoms with Crippen LogP contribution in [-0.4, -0.2) is 4.98 Å². The first-order valence-corrected chi connectivity index (χ1v) is 7.46. The van der Waals surface area contributed by atoms with Crippen molar-refractivity contribution in [2.45, 2.75) is 24.3 Å². The molecular weight excluding hydrogens is 256 g/mol. The normalized spacial score (nSPS) is 17.6. The number of fused-ring (bicyclic) bond motifs is 1. The van der Waals surface area contributed by atoms with Gasteiger partial charge in [-0.3, -0.25) is 4.98 Å². The largest absolute Gasteiger partial charge is 0.323 e. The van der Waals surface area contributed by atoms with Gasteiger partial charge in [-0.25, -0.2) is 0 Å². The second kappa shape index (κ2) is 4.68. The first kappa shape index (κ1) is 12.5. The van der Waals surface area contributed by atoms with E-state index in [0.717, 1.165) is 18.4 Å². The van der Waals surface area contributed by atoms with Crippen LogP contribution in [0.3, 0.4) is 0 Å². The van der Waals surface area contributed by atoms with Crippen molar-refractivity contribution in [3.63, 3.8) is 0 Å². The fourth-order valence-corrected chi connectivity index (χ4v) is 3.38. The Morgan fingerprint density at radius 3 is 2.48 bits per heavy atom. The van der Waals surface area contributed by atoms with Crippen LogP contribution in [0.2, 0.25) is 0 Å². The second-order valence-electron chi connectivity index (χ2n) is 5.92. The van der Waals surface area contributed by atoms with Crippen LogP contribution in [0.1, 0.15) is 30.0 Å². The van der Waals surface area contributed by atoms with Gasteiger partial charge in [0.15, 0.2) is 0 Å². The van der Waals surface area contributed by atoms with E-state index in [9.17, 15) is 0 Å². The number of rotatable bonds is 3. The van der Waals surface area contributed by atoms with Gasteiger partial charge in [0.2, 0.25) is 0 Å². The van der Waals surface area contributed by atoms with E-state index in [-0.39, 0.29) is 11.5 Å². The van der Waals surface area contributed by atoms with Crippen LogP contribution in [0.15, 0.2) is 66.9 Å². The fourth-order valence-electron chi connectivity index (χ4n) is 3.38. The average molecular weight is 274 g/mol. The molecule has 4 rings (SSSR count). The lowest BCUT2D eigenvalue weighted by Crippen LogP contribution is -2.26. The molecule has 1 aliphatic carbocycles. The summed E-state index contributed by atoms with van der Waals surface area (Å²) in [5.74, 6) is 0. The Morgan fingerprint density at radius 2 is 1.71 bits per heavy atom. The zero-order valence-corrected chi connectivity index (χ0v) is 11.9. The summed E-state index contributed by atoms with van der Waals surface area (Å²) in [6, 6.07) is 21.1. The summed E-state index contributed by atoms with van der Waals surface area (Å²) in [5, 5.41) is 1.18. The molecule has 3 aromatic rings. The predicted molar refractivity (Wildman–Crippen MR) is 86.0 cm³/mol. The molecule has 0 aliphatic heterocycles. The quantitative estimate of drug-likeness (QED) is 0.785. The Morgan fingerprint density at radius 1 is 0.905 bits per heavy atom. The van der Waals surface area contributed by atoms with Crippen LogP contribution in [0.5, 0.6) is 0 Å². The molecule has 1 atom stereocenters. The van der Waals surface area contributed by atoms with Gasteiger partial charge in [0.25, 0.3) is 0 Å². The van der Waals surface area contributed by atoms with Gasteiger partial charge in [0.1, 0.15) is 0 Å². The summed E-state index contributed by atoms with van der Waals surface area (Å²) in [6.07, 6.45) is 4.16. The lowest BCUT2D eigenvalue weighted by Gasteiger charge is -2.25. The van der Waals surface area contributed by atoms with Gasteiger partial charge < -0.3 is 5.73 Å². The zero-order chi connectivity index (χ0) is 14.3. The molecule has 1 aromatic heterocycles. The van der Waals surface area contributed by atoms with Gasteiger partial charge in [-0.1, -0.05) is 48.5 Å². The van der Waals surface area contributed by atoms with Crippen molar-refractivity contribution < 1.29 is 0 Å². The monoisotopic (exact) mass is 274 g/mol. The molecule has 1 saturated carbocycles. The summed E-state index contributed by atoms with van der Waals surface area (Å²) in [5.41, 5.74) is 10.4. The van der Waals surface area contributed by atoms with Crippen molar-refractivity contribution in [1.29, 1.82) is 0 Å². The Bertz CT molecular complexity index is 770. The van der Waals surface area contributed by atoms with Crippen molar-refractivity contribution in [2.75, 3.05) is 0 Å². The zero-order valence-electron chi connectivity index (χ0n) is 11.9. The molecule has 0 spiro atoms. The Kier molecular flexibility index (Phi) is 2.79. The summed E-state index contributed by atoms with van der Waals surface area (Å²) < 4.78 is 0. The third-order valence-electron chi connectivity index (χ3n) is 4.75. The molecule has 2 N–H and O–H groups in total. The highest BCUT2D eigenvalue weighted by atomic mass is 14.8. The van der Waals surface area contributed by atoms with Crippen molar-refractivity contribution in [3.8, 4) is 0 Å². The molecule has 1 fully saturated rings. The lowest BCUT2D eigenvalue weighted by molar-refractivity contribution is 0.545. The van der Waals surface area contributed by atoms with E-state index in [0.29, 0.717) is 0 Å². The molecule has 0 radical (unpaired) electrons. The minimum atomic E-state index is 0.0211. The van der Waals surface area contributed by atoms with E-state index < -0.39 is 0 Å². The Hall–Kier alpha value is -2.19. The molecule has 21 heavy (non-hydrogen) atoms. The molecule has 1 unspecified atom stereocenters. The van der Waals surface area contributed by atoms with E-state index in [1.54, 1.807) is 0 Å². The van der Waals surface area contributed by atoms with E-state index in [1.807, 2.05) is 18.3 Å². The van der Waals surface area contributed by atoms with Crippen molar-refractivity contribution in [2.24, 2.45) is 5.73 Å². The van der Waals surface area contributed by atoms with Crippen LogP contribution in [-0.2, 0) is 5.41 Å². The van der Waals surface area contributed by atoms with Crippen LogP contribution >= 0.6 is 0 Å². The molecule has 1 heterocycles. The minimum Gasteiger partial charge on any atom is -0.323 e. The van der Waals surface area contributed by atoms with E-state index in [4.69, 9.17) is 5.73 Å². The van der Waals surface area contributed by atoms with Crippen LogP contribution in [0.25, 0.3) is 10.9 Å². The standard InChI is InChI=1S/C19H18N2/c20-18(19(11-12-19)14-6-2-1-3-7-14)16-8-4-10-17-15(16)9-5-13-21-17/h1-10,13,18H,11-12,20H2. The highest BCUT2D eigenvalue weighted by molar-refractivity contribution is 5.82. The van der Waals surface area contributed by atoms with Crippen LogP contribution < -0.4 is 5.73 Å². The van der Waals surface area contributed by atoms with Crippen molar-refractivity contribution >= 4 is 10.9 Å². The highest BCUT2D eigenvalue weighted by Gasteiger charge is 2.49. The highest BCUT2D eigenvalue weighted by Crippen LogP contribution is 2.56. The number of benzene rings is 2. The number of hydrogen-bond acceptors (Lipinski definition) is 2. The Balaban J connectivity index is 1.83. The fraction of sp³-hybridized carbons (Fsp3) is 0.211. The molecule has 0 bridgehead atoms. The van der Waals surface area contributed by atoms with Gasteiger partial charge in [0, 0.05) is 23.0 Å². The van der Waals surface area contributed by atoms with Crippen molar-refractivity contribution in [1.82, 2.24) is 4.98 Å². The van der Waals surface area contributed by atoms with Gasteiger partial charge in [0.05, 0.1) is 5.52 Å². The van der Waals surface area contributed by atoms with Crippen LogP contribution in [0.4, 0.5) is 0 Å². The maximum Gasteiger partial charge on any atom is 0.0705 e. The molecular formula is C19H18N2. The first-order valence-electron chi connectivity index (χ1n) is 7.46. The summed E-state index contributed by atoms with van der Waals surface area (Å²) in [7, 11) is 0. The number of pyridine rings is 1. The van der Waals surface area contributed by atoms with E-state index in [1.165, 1.54) is 16.5 Å². The SMILES string of the molecule is NC(c1cccc2ncccc12)C1(c2ccccc2)CC1. The summed E-state index contributed by atoms with van der Waals surface area (Å²) in [6.45, 7) is 0. The number of nitrogens with zero attached hydrogens (tertiary/aromatic N) is 1. The predicted octanol–water partition coefficient (Wildman–Crippen LogP) is 3.97. The third kappa shape index (κ3) is 1.95. The molecule has 2 aromatic carbocycles. The molecule has 2 nitrogen and oxygen atoms in total. The molecule has 104 valence electrons. The van der Waals surface area contributed by atoms with Gasteiger partial charge in [-0.05, 0) is 36.1 Å². The Labute approximate surface area is 124 Å². The third-order valence-corrected chi connectivity index (χ3v) is 4.75. The van der Waals surface area contributed by atoms with E-state index >= 15 is 0 Å². The summed E-state index contributed by atoms with van der Waals surface area (Å²) >= 11 is 0. The van der Waals surface area contributed by atoms with Gasteiger partial charge >= 0.3 is 0 Å². The minimum absolute atomic E-state index is 0.0211. The summed E-state index contributed by atoms with van der Waals surface area (Å²) in [4.78, 5) is 4.44. The lowest BCUT2D eigenvalue weighted by atomic mass is 9.83.